The van der Waals surface area contributed by atoms with Gasteiger partial charge in [-0.3, -0.25) is 10.1 Å². The van der Waals surface area contributed by atoms with Crippen LogP contribution in [0.15, 0.2) is 0 Å². The van der Waals surface area contributed by atoms with E-state index < -0.39 is 0 Å². The summed E-state index contributed by atoms with van der Waals surface area (Å²) in [4.78, 5) is 16.9. The molecule has 0 radical (unpaired) electrons. The molecule has 2 atom stereocenters. The maximum atomic E-state index is 12.7. The van der Waals surface area contributed by atoms with E-state index in [1.807, 2.05) is 11.8 Å². The SMILES string of the molecule is CCCC1NC(C)(CC)C(=O)N1CC(C)(C)N(C)C. The Kier molecular flexibility index (Phi) is 5.02. The first-order valence-electron chi connectivity index (χ1n) is 7.44. The zero-order chi connectivity index (χ0) is 14.8. The van der Waals surface area contributed by atoms with Crippen molar-refractivity contribution in [1.29, 1.82) is 0 Å². The molecule has 2 unspecified atom stereocenters. The Hall–Kier alpha value is -0.610. The summed E-state index contributed by atoms with van der Waals surface area (Å²) in [6.45, 7) is 11.4. The molecule has 1 rings (SSSR count). The predicted octanol–water partition coefficient (Wildman–Crippen LogP) is 2.05. The van der Waals surface area contributed by atoms with Gasteiger partial charge < -0.3 is 9.80 Å². The molecule has 0 aromatic heterocycles. The number of carbonyl (C=O) groups is 1. The normalized spacial score (nSPS) is 28.5. The minimum absolute atomic E-state index is 0.0116. The lowest BCUT2D eigenvalue weighted by atomic mass is 9.98. The van der Waals surface area contributed by atoms with E-state index in [1.54, 1.807) is 0 Å². The van der Waals surface area contributed by atoms with Crippen LogP contribution in [0.5, 0.6) is 0 Å². The van der Waals surface area contributed by atoms with Crippen molar-refractivity contribution in [3.63, 3.8) is 0 Å². The molecule has 1 N–H and O–H groups in total. The number of hydrogen-bond donors (Lipinski definition) is 1. The summed E-state index contributed by atoms with van der Waals surface area (Å²) in [5.41, 5.74) is -0.398. The van der Waals surface area contributed by atoms with Crippen molar-refractivity contribution in [2.24, 2.45) is 0 Å². The van der Waals surface area contributed by atoms with E-state index in [4.69, 9.17) is 0 Å². The van der Waals surface area contributed by atoms with Crippen molar-refractivity contribution in [3.8, 4) is 0 Å². The molecule has 0 aliphatic carbocycles. The van der Waals surface area contributed by atoms with E-state index in [0.29, 0.717) is 0 Å². The second-order valence-electron chi connectivity index (χ2n) is 6.77. The lowest BCUT2D eigenvalue weighted by Gasteiger charge is -2.38. The van der Waals surface area contributed by atoms with Crippen LogP contribution in [0.25, 0.3) is 0 Å². The van der Waals surface area contributed by atoms with Gasteiger partial charge in [0.2, 0.25) is 5.91 Å². The second kappa shape index (κ2) is 5.80. The first-order valence-corrected chi connectivity index (χ1v) is 7.44. The average Bonchev–Trinajstić information content (AvgIpc) is 2.55. The summed E-state index contributed by atoms with van der Waals surface area (Å²) in [7, 11) is 4.14. The van der Waals surface area contributed by atoms with Crippen LogP contribution in [0.3, 0.4) is 0 Å². The maximum absolute atomic E-state index is 12.7. The molecule has 0 aromatic carbocycles. The molecule has 0 spiro atoms. The highest BCUT2D eigenvalue weighted by atomic mass is 16.2. The summed E-state index contributed by atoms with van der Waals surface area (Å²) in [5.74, 6) is 0.253. The number of nitrogens with zero attached hydrogens (tertiary/aromatic N) is 2. The Bertz CT molecular complexity index is 327. The molecule has 1 aliphatic heterocycles. The smallest absolute Gasteiger partial charge is 0.243 e. The molecular weight excluding hydrogens is 238 g/mol. The van der Waals surface area contributed by atoms with Gasteiger partial charge in [0.15, 0.2) is 0 Å². The molecule has 19 heavy (non-hydrogen) atoms. The predicted molar refractivity (Wildman–Crippen MR) is 80.0 cm³/mol. The van der Waals surface area contributed by atoms with Gasteiger partial charge in [0.1, 0.15) is 0 Å². The second-order valence-corrected chi connectivity index (χ2v) is 6.77. The van der Waals surface area contributed by atoms with Crippen molar-refractivity contribution in [3.05, 3.63) is 0 Å². The fourth-order valence-corrected chi connectivity index (χ4v) is 2.46. The van der Waals surface area contributed by atoms with Crippen molar-refractivity contribution in [2.75, 3.05) is 20.6 Å². The molecule has 1 heterocycles. The summed E-state index contributed by atoms with van der Waals surface area (Å²) in [5, 5.41) is 3.54. The fraction of sp³-hybridized carbons (Fsp3) is 0.933. The molecule has 1 amide bonds. The highest BCUT2D eigenvalue weighted by Crippen LogP contribution is 2.28. The van der Waals surface area contributed by atoms with Crippen LogP contribution in [-0.2, 0) is 4.79 Å². The maximum Gasteiger partial charge on any atom is 0.243 e. The third kappa shape index (κ3) is 3.29. The molecule has 4 heteroatoms. The van der Waals surface area contributed by atoms with Crippen molar-refractivity contribution >= 4 is 5.91 Å². The largest absolute Gasteiger partial charge is 0.324 e. The van der Waals surface area contributed by atoms with Crippen LogP contribution in [0, 0.1) is 0 Å². The summed E-state index contributed by atoms with van der Waals surface area (Å²) < 4.78 is 0. The van der Waals surface area contributed by atoms with Gasteiger partial charge in [-0.15, -0.1) is 0 Å². The van der Waals surface area contributed by atoms with Gasteiger partial charge in [0.25, 0.3) is 0 Å². The van der Waals surface area contributed by atoms with Gasteiger partial charge in [-0.05, 0) is 47.7 Å². The van der Waals surface area contributed by atoms with Crippen LogP contribution in [0.2, 0.25) is 0 Å². The van der Waals surface area contributed by atoms with Crippen molar-refractivity contribution in [2.45, 2.75) is 71.1 Å². The number of hydrogen-bond acceptors (Lipinski definition) is 3. The lowest BCUT2D eigenvalue weighted by Crippen LogP contribution is -2.52. The average molecular weight is 269 g/mol. The zero-order valence-electron chi connectivity index (χ0n) is 13.7. The van der Waals surface area contributed by atoms with Crippen LogP contribution >= 0.6 is 0 Å². The van der Waals surface area contributed by atoms with Gasteiger partial charge >= 0.3 is 0 Å². The van der Waals surface area contributed by atoms with Gasteiger partial charge in [0.05, 0.1) is 11.7 Å². The number of rotatable bonds is 6. The van der Waals surface area contributed by atoms with Crippen molar-refractivity contribution < 1.29 is 4.79 Å². The molecule has 1 fully saturated rings. The van der Waals surface area contributed by atoms with Crippen molar-refractivity contribution in [1.82, 2.24) is 15.1 Å². The number of nitrogens with one attached hydrogen (secondary N) is 1. The van der Waals surface area contributed by atoms with E-state index in [0.717, 1.165) is 25.8 Å². The number of amides is 1. The molecule has 0 aromatic rings. The first kappa shape index (κ1) is 16.4. The lowest BCUT2D eigenvalue weighted by molar-refractivity contribution is -0.134. The Morgan fingerprint density at radius 2 is 1.95 bits per heavy atom. The molecule has 0 saturated carbocycles. The number of likely N-dealkylation sites (N-methyl/N-ethyl adjacent to an activating group) is 1. The van der Waals surface area contributed by atoms with E-state index in [-0.39, 0.29) is 23.2 Å². The Balaban J connectivity index is 2.92. The summed E-state index contributed by atoms with van der Waals surface area (Å²) >= 11 is 0. The summed E-state index contributed by atoms with van der Waals surface area (Å²) in [6.07, 6.45) is 3.13. The van der Waals surface area contributed by atoms with E-state index >= 15 is 0 Å². The van der Waals surface area contributed by atoms with Gasteiger partial charge in [-0.1, -0.05) is 20.3 Å². The van der Waals surface area contributed by atoms with E-state index in [2.05, 4.69) is 52.0 Å². The van der Waals surface area contributed by atoms with E-state index in [9.17, 15) is 4.79 Å². The third-order valence-corrected chi connectivity index (χ3v) is 4.63. The van der Waals surface area contributed by atoms with Gasteiger partial charge in [0, 0.05) is 12.1 Å². The first-order chi connectivity index (χ1) is 8.68. The quantitative estimate of drug-likeness (QED) is 0.801. The minimum Gasteiger partial charge on any atom is -0.324 e. The highest BCUT2D eigenvalue weighted by Gasteiger charge is 2.47. The molecule has 1 aliphatic rings. The topological polar surface area (TPSA) is 35.6 Å². The molecule has 1 saturated heterocycles. The van der Waals surface area contributed by atoms with Gasteiger partial charge in [-0.2, -0.15) is 0 Å². The molecule has 4 nitrogen and oxygen atoms in total. The molecule has 0 bridgehead atoms. The van der Waals surface area contributed by atoms with Gasteiger partial charge in [-0.25, -0.2) is 0 Å². The Morgan fingerprint density at radius 3 is 2.37 bits per heavy atom. The Labute approximate surface area is 118 Å². The van der Waals surface area contributed by atoms with Crippen LogP contribution in [-0.4, -0.2) is 53.6 Å². The highest BCUT2D eigenvalue weighted by molar-refractivity contribution is 5.88. The molecule has 112 valence electrons. The Morgan fingerprint density at radius 1 is 1.37 bits per heavy atom. The third-order valence-electron chi connectivity index (χ3n) is 4.63. The summed E-state index contributed by atoms with van der Waals surface area (Å²) in [6, 6.07) is 0. The minimum atomic E-state index is -0.387. The standard InChI is InChI=1S/C15H31N3O/c1-8-10-12-16-15(5,9-2)13(19)18(12)11-14(3,4)17(6)7/h12,16H,8-11H2,1-7H3. The van der Waals surface area contributed by atoms with Crippen LogP contribution in [0.4, 0.5) is 0 Å². The zero-order valence-corrected chi connectivity index (χ0v) is 13.7. The van der Waals surface area contributed by atoms with Crippen LogP contribution < -0.4 is 5.32 Å². The number of carbonyl (C=O) groups excluding carboxylic acids is 1. The van der Waals surface area contributed by atoms with E-state index in [1.165, 1.54) is 0 Å². The molecular formula is C15H31N3O. The fourth-order valence-electron chi connectivity index (χ4n) is 2.46. The monoisotopic (exact) mass is 269 g/mol. The van der Waals surface area contributed by atoms with Crippen LogP contribution in [0.1, 0.15) is 53.9 Å².